The molecule has 4 heteroatoms. The molecule has 1 aromatic carbocycles. The van der Waals surface area contributed by atoms with Crippen molar-refractivity contribution in [3.63, 3.8) is 0 Å². The maximum Gasteiger partial charge on any atom is 0.151 e. The first-order valence-electron chi connectivity index (χ1n) is 7.05. The third kappa shape index (κ3) is 5.33. The maximum absolute atomic E-state index is 11.8. The Morgan fingerprint density at radius 2 is 1.74 bits per heavy atom. The van der Waals surface area contributed by atoms with Gasteiger partial charge < -0.3 is 5.32 Å². The van der Waals surface area contributed by atoms with E-state index in [9.17, 15) is 8.42 Å². The normalized spacial score (nSPS) is 13.4. The third-order valence-corrected chi connectivity index (χ3v) is 5.01. The Morgan fingerprint density at radius 1 is 1.11 bits per heavy atom. The molecule has 0 aliphatic carbocycles. The predicted octanol–water partition coefficient (Wildman–Crippen LogP) is 2.72. The van der Waals surface area contributed by atoms with Crippen LogP contribution in [-0.4, -0.2) is 26.5 Å². The smallest absolute Gasteiger partial charge is 0.151 e. The van der Waals surface area contributed by atoms with Crippen molar-refractivity contribution in [3.05, 3.63) is 35.4 Å². The third-order valence-electron chi connectivity index (χ3n) is 3.29. The first-order chi connectivity index (χ1) is 9.02. The van der Waals surface area contributed by atoms with Crippen LogP contribution in [0, 0.1) is 0 Å². The molecule has 1 atom stereocenters. The van der Waals surface area contributed by atoms with Gasteiger partial charge in [-0.25, -0.2) is 8.42 Å². The molecule has 0 radical (unpaired) electrons. The minimum absolute atomic E-state index is 0.101. The van der Waals surface area contributed by atoms with Gasteiger partial charge in [0.1, 0.15) is 0 Å². The van der Waals surface area contributed by atoms with Crippen molar-refractivity contribution in [2.45, 2.75) is 39.7 Å². The van der Waals surface area contributed by atoms with Crippen LogP contribution >= 0.6 is 0 Å². The van der Waals surface area contributed by atoms with Crippen LogP contribution in [0.1, 0.15) is 44.4 Å². The van der Waals surface area contributed by atoms with Gasteiger partial charge in [-0.1, -0.05) is 45.0 Å². The molecule has 19 heavy (non-hydrogen) atoms. The Bertz CT molecular complexity index is 465. The zero-order chi connectivity index (χ0) is 14.3. The number of aryl methyl sites for hydroxylation is 1. The molecule has 0 bridgehead atoms. The maximum atomic E-state index is 11.8. The van der Waals surface area contributed by atoms with Gasteiger partial charge in [-0.2, -0.15) is 0 Å². The van der Waals surface area contributed by atoms with E-state index in [0.29, 0.717) is 0 Å². The van der Waals surface area contributed by atoms with Gasteiger partial charge in [0.15, 0.2) is 9.84 Å². The highest BCUT2D eigenvalue weighted by molar-refractivity contribution is 7.91. The largest absolute Gasteiger partial charge is 0.309 e. The monoisotopic (exact) mass is 283 g/mol. The van der Waals surface area contributed by atoms with E-state index in [4.69, 9.17) is 0 Å². The second-order valence-corrected chi connectivity index (χ2v) is 7.20. The zero-order valence-electron chi connectivity index (χ0n) is 12.1. The lowest BCUT2D eigenvalue weighted by atomic mass is 10.0. The van der Waals surface area contributed by atoms with E-state index in [-0.39, 0.29) is 17.5 Å². The summed E-state index contributed by atoms with van der Waals surface area (Å²) in [4.78, 5) is 0. The van der Waals surface area contributed by atoms with E-state index in [2.05, 4.69) is 31.3 Å². The van der Waals surface area contributed by atoms with Crippen LogP contribution in [0.4, 0.5) is 0 Å². The van der Waals surface area contributed by atoms with Gasteiger partial charge in [0, 0.05) is 11.8 Å². The molecule has 0 spiro atoms. The van der Waals surface area contributed by atoms with Crippen molar-refractivity contribution >= 4 is 9.84 Å². The molecule has 0 fully saturated rings. The Labute approximate surface area is 117 Å². The Balaban J connectivity index is 2.88. The van der Waals surface area contributed by atoms with Gasteiger partial charge in [0.2, 0.25) is 0 Å². The van der Waals surface area contributed by atoms with Crippen molar-refractivity contribution in [1.82, 2.24) is 5.32 Å². The zero-order valence-corrected chi connectivity index (χ0v) is 13.0. The molecule has 0 aromatic heterocycles. The van der Waals surface area contributed by atoms with Crippen LogP contribution in [0.3, 0.4) is 0 Å². The quantitative estimate of drug-likeness (QED) is 0.798. The van der Waals surface area contributed by atoms with Gasteiger partial charge in [-0.3, -0.25) is 0 Å². The average molecular weight is 283 g/mol. The van der Waals surface area contributed by atoms with Gasteiger partial charge >= 0.3 is 0 Å². The molecule has 1 unspecified atom stereocenters. The number of sulfone groups is 1. The molecule has 108 valence electrons. The fourth-order valence-electron chi connectivity index (χ4n) is 1.95. The Hall–Kier alpha value is -0.870. The predicted molar refractivity (Wildman–Crippen MR) is 81.2 cm³/mol. The molecule has 1 aromatic rings. The van der Waals surface area contributed by atoms with Crippen molar-refractivity contribution in [2.75, 3.05) is 18.1 Å². The first kappa shape index (κ1) is 16.2. The molecular formula is C15H25NO2S. The van der Waals surface area contributed by atoms with E-state index < -0.39 is 9.84 Å². The van der Waals surface area contributed by atoms with Crippen LogP contribution in [0.2, 0.25) is 0 Å². The van der Waals surface area contributed by atoms with Crippen molar-refractivity contribution in [3.8, 4) is 0 Å². The lowest BCUT2D eigenvalue weighted by Crippen LogP contribution is -2.29. The molecular weight excluding hydrogens is 258 g/mol. The molecule has 0 aliphatic rings. The highest BCUT2D eigenvalue weighted by Crippen LogP contribution is 2.17. The molecule has 1 N–H and O–H groups in total. The van der Waals surface area contributed by atoms with E-state index >= 15 is 0 Å². The van der Waals surface area contributed by atoms with Crippen molar-refractivity contribution in [1.29, 1.82) is 0 Å². The second-order valence-electron chi connectivity index (χ2n) is 4.80. The molecule has 1 rings (SSSR count). The van der Waals surface area contributed by atoms with Gasteiger partial charge in [0.25, 0.3) is 0 Å². The second kappa shape index (κ2) is 7.65. The number of benzene rings is 1. The fourth-order valence-corrected chi connectivity index (χ4v) is 3.00. The van der Waals surface area contributed by atoms with Crippen LogP contribution in [0.5, 0.6) is 0 Å². The summed E-state index contributed by atoms with van der Waals surface area (Å²) in [7, 11) is -2.98. The molecule has 0 heterocycles. The molecule has 0 aliphatic heterocycles. The minimum atomic E-state index is -2.98. The minimum Gasteiger partial charge on any atom is -0.309 e. The fraction of sp³-hybridized carbons (Fsp3) is 0.600. The van der Waals surface area contributed by atoms with Crippen LogP contribution in [0.25, 0.3) is 0 Å². The summed E-state index contributed by atoms with van der Waals surface area (Å²) in [6.07, 6.45) is 2.00. The summed E-state index contributed by atoms with van der Waals surface area (Å²) in [5, 5.41) is 3.33. The number of rotatable bonds is 8. The van der Waals surface area contributed by atoms with E-state index in [1.807, 2.05) is 12.1 Å². The number of hydrogen-bond acceptors (Lipinski definition) is 3. The number of hydrogen-bond donors (Lipinski definition) is 1. The summed E-state index contributed by atoms with van der Waals surface area (Å²) >= 11 is 0. The molecule has 3 nitrogen and oxygen atoms in total. The molecule has 0 amide bonds. The summed E-state index contributed by atoms with van der Waals surface area (Å²) in [5.74, 6) is 0.374. The van der Waals surface area contributed by atoms with Crippen LogP contribution < -0.4 is 5.32 Å². The first-order valence-corrected chi connectivity index (χ1v) is 8.87. The summed E-state index contributed by atoms with van der Waals surface area (Å²) in [6, 6.07) is 8.13. The highest BCUT2D eigenvalue weighted by atomic mass is 32.2. The van der Waals surface area contributed by atoms with Crippen molar-refractivity contribution < 1.29 is 8.42 Å². The summed E-state index contributed by atoms with van der Waals surface area (Å²) in [6.45, 7) is 6.73. The van der Waals surface area contributed by atoms with Crippen LogP contribution in [-0.2, 0) is 16.3 Å². The topological polar surface area (TPSA) is 46.2 Å². The Morgan fingerprint density at radius 3 is 2.21 bits per heavy atom. The molecule has 0 saturated heterocycles. The summed E-state index contributed by atoms with van der Waals surface area (Å²) < 4.78 is 23.7. The van der Waals surface area contributed by atoms with E-state index in [0.717, 1.165) is 24.9 Å². The lowest BCUT2D eigenvalue weighted by Gasteiger charge is -2.19. The summed E-state index contributed by atoms with van der Waals surface area (Å²) in [5.41, 5.74) is 2.33. The van der Waals surface area contributed by atoms with Gasteiger partial charge in [-0.05, 0) is 30.5 Å². The van der Waals surface area contributed by atoms with E-state index in [1.165, 1.54) is 5.56 Å². The standard InChI is InChI=1S/C15H25NO2S/c1-4-11-16-15(12-19(17,18)6-3)14-9-7-13(5-2)8-10-14/h7-10,15-16H,4-6,11-12H2,1-3H3. The SMILES string of the molecule is CCCNC(CS(=O)(=O)CC)c1ccc(CC)cc1. The Kier molecular flexibility index (Phi) is 6.52. The van der Waals surface area contributed by atoms with Crippen molar-refractivity contribution in [2.24, 2.45) is 0 Å². The van der Waals surface area contributed by atoms with Gasteiger partial charge in [-0.15, -0.1) is 0 Å². The highest BCUT2D eigenvalue weighted by Gasteiger charge is 2.18. The van der Waals surface area contributed by atoms with Crippen LogP contribution in [0.15, 0.2) is 24.3 Å². The average Bonchev–Trinajstić information content (AvgIpc) is 2.43. The lowest BCUT2D eigenvalue weighted by molar-refractivity contribution is 0.547. The number of nitrogens with one attached hydrogen (secondary N) is 1. The molecule has 0 saturated carbocycles. The van der Waals surface area contributed by atoms with Gasteiger partial charge in [0.05, 0.1) is 5.75 Å². The van der Waals surface area contributed by atoms with E-state index in [1.54, 1.807) is 6.92 Å².